The summed E-state index contributed by atoms with van der Waals surface area (Å²) in [7, 11) is 0. The second kappa shape index (κ2) is 6.15. The molecular formula is C15H24N2O2. The number of aliphatic hydroxyl groups excluding tert-OH is 1. The summed E-state index contributed by atoms with van der Waals surface area (Å²) in [5, 5.41) is 9.18. The van der Waals surface area contributed by atoms with E-state index in [0.29, 0.717) is 12.5 Å². The van der Waals surface area contributed by atoms with Crippen molar-refractivity contribution in [2.75, 3.05) is 30.3 Å². The van der Waals surface area contributed by atoms with Gasteiger partial charge >= 0.3 is 0 Å². The first-order valence-corrected chi connectivity index (χ1v) is 7.01. The van der Waals surface area contributed by atoms with E-state index in [1.165, 1.54) is 0 Å². The number of nitrogen functional groups attached to an aromatic ring is 1. The molecule has 4 heteroatoms. The number of hydrogen-bond acceptors (Lipinski definition) is 4. The first-order chi connectivity index (χ1) is 9.08. The summed E-state index contributed by atoms with van der Waals surface area (Å²) in [5.74, 6) is 1.28. The Balaban J connectivity index is 2.09. The first kappa shape index (κ1) is 14.0. The lowest BCUT2D eigenvalue weighted by molar-refractivity contribution is 0.203. The largest absolute Gasteiger partial charge is 0.491 e. The van der Waals surface area contributed by atoms with Crippen molar-refractivity contribution in [3.05, 3.63) is 18.2 Å². The molecule has 1 aliphatic rings. The number of rotatable bonds is 4. The lowest BCUT2D eigenvalue weighted by Gasteiger charge is -2.33. The fourth-order valence-electron chi connectivity index (χ4n) is 2.50. The lowest BCUT2D eigenvalue weighted by atomic mass is 9.97. The van der Waals surface area contributed by atoms with Crippen molar-refractivity contribution in [3.63, 3.8) is 0 Å². The van der Waals surface area contributed by atoms with Gasteiger partial charge in [0, 0.05) is 43.2 Å². The van der Waals surface area contributed by atoms with Gasteiger partial charge in [0.1, 0.15) is 5.75 Å². The number of piperidine rings is 1. The van der Waals surface area contributed by atoms with E-state index in [0.717, 1.165) is 43.1 Å². The van der Waals surface area contributed by atoms with Gasteiger partial charge in [-0.1, -0.05) is 0 Å². The van der Waals surface area contributed by atoms with Crippen LogP contribution in [0.2, 0.25) is 0 Å². The fraction of sp³-hybridized carbons (Fsp3) is 0.600. The Morgan fingerprint density at radius 2 is 2.00 bits per heavy atom. The van der Waals surface area contributed by atoms with E-state index in [-0.39, 0.29) is 6.10 Å². The van der Waals surface area contributed by atoms with Crippen LogP contribution in [0.3, 0.4) is 0 Å². The number of nitrogens with two attached hydrogens (primary N) is 1. The minimum Gasteiger partial charge on any atom is -0.491 e. The third-order valence-electron chi connectivity index (χ3n) is 3.52. The van der Waals surface area contributed by atoms with Crippen molar-refractivity contribution in [2.45, 2.75) is 32.8 Å². The van der Waals surface area contributed by atoms with Gasteiger partial charge in [-0.25, -0.2) is 0 Å². The zero-order chi connectivity index (χ0) is 13.8. The highest BCUT2D eigenvalue weighted by molar-refractivity contribution is 5.60. The van der Waals surface area contributed by atoms with E-state index in [1.54, 1.807) is 0 Å². The molecule has 2 rings (SSSR count). The molecule has 0 aliphatic carbocycles. The maximum atomic E-state index is 9.18. The fourth-order valence-corrected chi connectivity index (χ4v) is 2.50. The molecule has 1 heterocycles. The van der Waals surface area contributed by atoms with Crippen molar-refractivity contribution >= 4 is 11.4 Å². The molecule has 0 saturated carbocycles. The van der Waals surface area contributed by atoms with E-state index in [9.17, 15) is 5.11 Å². The molecule has 0 bridgehead atoms. The predicted octanol–water partition coefficient (Wildman–Crippen LogP) is 2.26. The molecule has 0 radical (unpaired) electrons. The molecule has 0 spiro atoms. The molecule has 0 atom stereocenters. The number of benzene rings is 1. The van der Waals surface area contributed by atoms with Gasteiger partial charge in [-0.15, -0.1) is 0 Å². The Hall–Kier alpha value is -1.42. The zero-order valence-corrected chi connectivity index (χ0v) is 11.8. The van der Waals surface area contributed by atoms with Crippen LogP contribution in [-0.2, 0) is 0 Å². The minimum absolute atomic E-state index is 0.148. The van der Waals surface area contributed by atoms with Gasteiger partial charge in [0.2, 0.25) is 0 Å². The van der Waals surface area contributed by atoms with Gasteiger partial charge in [-0.05, 0) is 38.7 Å². The maximum Gasteiger partial charge on any atom is 0.123 e. The standard InChI is InChI=1S/C15H24N2O2/c1-11(2)19-15-8-13(16)7-14(9-15)17-5-3-12(10-18)4-6-17/h7-9,11-12,18H,3-6,10,16H2,1-2H3. The molecule has 1 aliphatic heterocycles. The Labute approximate surface area is 115 Å². The van der Waals surface area contributed by atoms with Crippen LogP contribution in [0.15, 0.2) is 18.2 Å². The first-order valence-electron chi connectivity index (χ1n) is 7.01. The van der Waals surface area contributed by atoms with Crippen LogP contribution in [-0.4, -0.2) is 30.9 Å². The van der Waals surface area contributed by atoms with Crippen molar-refractivity contribution in [1.82, 2.24) is 0 Å². The summed E-state index contributed by atoms with van der Waals surface area (Å²) >= 11 is 0. The van der Waals surface area contributed by atoms with Crippen LogP contribution < -0.4 is 15.4 Å². The zero-order valence-electron chi connectivity index (χ0n) is 11.8. The number of hydrogen-bond donors (Lipinski definition) is 2. The minimum atomic E-state index is 0.148. The van der Waals surface area contributed by atoms with Gasteiger partial charge in [-0.2, -0.15) is 0 Å². The van der Waals surface area contributed by atoms with Crippen LogP contribution in [0.1, 0.15) is 26.7 Å². The second-order valence-corrected chi connectivity index (χ2v) is 5.54. The average molecular weight is 264 g/mol. The third-order valence-corrected chi connectivity index (χ3v) is 3.52. The van der Waals surface area contributed by atoms with Crippen LogP contribution >= 0.6 is 0 Å². The highest BCUT2D eigenvalue weighted by atomic mass is 16.5. The Bertz CT molecular complexity index is 413. The van der Waals surface area contributed by atoms with Gasteiger partial charge in [0.25, 0.3) is 0 Å². The third kappa shape index (κ3) is 3.77. The molecule has 106 valence electrons. The molecule has 0 unspecified atom stereocenters. The summed E-state index contributed by atoms with van der Waals surface area (Å²) in [6.07, 6.45) is 2.21. The van der Waals surface area contributed by atoms with Gasteiger partial charge in [-0.3, -0.25) is 0 Å². The monoisotopic (exact) mass is 264 g/mol. The van der Waals surface area contributed by atoms with Crippen molar-refractivity contribution in [1.29, 1.82) is 0 Å². The van der Waals surface area contributed by atoms with Gasteiger partial charge < -0.3 is 20.5 Å². The van der Waals surface area contributed by atoms with Crippen LogP contribution in [0.25, 0.3) is 0 Å². The molecule has 1 aromatic rings. The summed E-state index contributed by atoms with van der Waals surface area (Å²) < 4.78 is 5.72. The number of aliphatic hydroxyl groups is 1. The number of anilines is 2. The summed E-state index contributed by atoms with van der Waals surface area (Å²) in [4.78, 5) is 2.32. The predicted molar refractivity (Wildman–Crippen MR) is 78.6 cm³/mol. The lowest BCUT2D eigenvalue weighted by Crippen LogP contribution is -2.34. The van der Waals surface area contributed by atoms with Gasteiger partial charge in [0.15, 0.2) is 0 Å². The average Bonchev–Trinajstić information content (AvgIpc) is 2.37. The molecule has 0 amide bonds. The summed E-state index contributed by atoms with van der Waals surface area (Å²) in [6.45, 7) is 6.25. The smallest absolute Gasteiger partial charge is 0.123 e. The molecular weight excluding hydrogens is 240 g/mol. The Kier molecular flexibility index (Phi) is 4.53. The second-order valence-electron chi connectivity index (χ2n) is 5.54. The van der Waals surface area contributed by atoms with E-state index in [4.69, 9.17) is 10.5 Å². The molecule has 1 fully saturated rings. The van der Waals surface area contributed by atoms with Crippen LogP contribution in [0.4, 0.5) is 11.4 Å². The SMILES string of the molecule is CC(C)Oc1cc(N)cc(N2CCC(CO)CC2)c1. The van der Waals surface area contributed by atoms with Crippen LogP contribution in [0, 0.1) is 5.92 Å². The summed E-state index contributed by atoms with van der Waals surface area (Å²) in [5.41, 5.74) is 7.80. The van der Waals surface area contributed by atoms with Crippen molar-refractivity contribution in [3.8, 4) is 5.75 Å². The number of nitrogens with zero attached hydrogens (tertiary/aromatic N) is 1. The van der Waals surface area contributed by atoms with Gasteiger partial charge in [0.05, 0.1) is 6.10 Å². The van der Waals surface area contributed by atoms with Crippen molar-refractivity contribution < 1.29 is 9.84 Å². The molecule has 3 N–H and O–H groups in total. The molecule has 0 aromatic heterocycles. The molecule has 4 nitrogen and oxygen atoms in total. The van der Waals surface area contributed by atoms with E-state index >= 15 is 0 Å². The van der Waals surface area contributed by atoms with E-state index in [1.807, 2.05) is 26.0 Å². The Morgan fingerprint density at radius 1 is 1.32 bits per heavy atom. The molecule has 19 heavy (non-hydrogen) atoms. The van der Waals surface area contributed by atoms with E-state index in [2.05, 4.69) is 11.0 Å². The van der Waals surface area contributed by atoms with E-state index < -0.39 is 0 Å². The quantitative estimate of drug-likeness (QED) is 0.819. The molecule has 1 aromatic carbocycles. The van der Waals surface area contributed by atoms with Crippen LogP contribution in [0.5, 0.6) is 5.75 Å². The normalized spacial score (nSPS) is 16.9. The maximum absolute atomic E-state index is 9.18. The summed E-state index contributed by atoms with van der Waals surface area (Å²) in [6, 6.07) is 5.91. The van der Waals surface area contributed by atoms with Crippen molar-refractivity contribution in [2.24, 2.45) is 5.92 Å². The highest BCUT2D eigenvalue weighted by Gasteiger charge is 2.19. The topological polar surface area (TPSA) is 58.7 Å². The Morgan fingerprint density at radius 3 is 2.58 bits per heavy atom. The number of ether oxygens (including phenoxy) is 1. The molecule has 1 saturated heterocycles. The highest BCUT2D eigenvalue weighted by Crippen LogP contribution is 2.29.